The first-order chi connectivity index (χ1) is 20.8. The predicted molar refractivity (Wildman–Crippen MR) is 170 cm³/mol. The smallest absolute Gasteiger partial charge is 0.280 e. The Bertz CT molecular complexity index is 1840. The van der Waals surface area contributed by atoms with Crippen molar-refractivity contribution in [1.29, 1.82) is 0 Å². The van der Waals surface area contributed by atoms with Crippen molar-refractivity contribution in [2.24, 2.45) is 5.10 Å². The fraction of sp³-hybridized carbons (Fsp3) is 0.156. The normalized spacial score (nSPS) is 11.7. The summed E-state index contributed by atoms with van der Waals surface area (Å²) in [5, 5.41) is 6.09. The number of benzene rings is 4. The molecule has 0 spiro atoms. The van der Waals surface area contributed by atoms with E-state index in [0.717, 1.165) is 21.6 Å². The Balaban J connectivity index is 1.44. The summed E-state index contributed by atoms with van der Waals surface area (Å²) in [6, 6.07) is 28.0. The first-order valence-corrected chi connectivity index (χ1v) is 15.7. The van der Waals surface area contributed by atoms with Crippen LogP contribution in [0, 0.1) is 0 Å². The number of methoxy groups -OCH3 is 1. The van der Waals surface area contributed by atoms with E-state index in [9.17, 15) is 13.2 Å². The van der Waals surface area contributed by atoms with E-state index in [4.69, 9.17) is 9.47 Å². The molecule has 0 saturated carbocycles. The van der Waals surface area contributed by atoms with Crippen molar-refractivity contribution in [3.63, 3.8) is 0 Å². The molecule has 0 saturated heterocycles. The number of carbonyl (C=O) groups excluding carboxylic acids is 1. The van der Waals surface area contributed by atoms with Gasteiger partial charge in [-0.1, -0.05) is 41.7 Å². The lowest BCUT2D eigenvalue weighted by atomic mass is 10.2. The van der Waals surface area contributed by atoms with Crippen LogP contribution in [0.3, 0.4) is 0 Å². The van der Waals surface area contributed by atoms with E-state index in [1.54, 1.807) is 19.4 Å². The van der Waals surface area contributed by atoms with Gasteiger partial charge in [-0.2, -0.15) is 14.4 Å². The molecule has 0 unspecified atom stereocenters. The third kappa shape index (κ3) is 6.91. The molecular weight excluding hydrogens is 585 g/mol. The third-order valence-electron chi connectivity index (χ3n) is 6.53. The maximum absolute atomic E-state index is 13.8. The van der Waals surface area contributed by atoms with Crippen LogP contribution in [0.4, 0.5) is 5.13 Å². The lowest BCUT2D eigenvalue weighted by molar-refractivity contribution is 0.0987. The second kappa shape index (κ2) is 13.2. The number of hydrazone groups is 1. The highest BCUT2D eigenvalue weighted by Gasteiger charge is 2.24. The van der Waals surface area contributed by atoms with Gasteiger partial charge in [0.05, 0.1) is 35.0 Å². The fourth-order valence-electron chi connectivity index (χ4n) is 4.24. The average Bonchev–Trinajstić information content (AvgIpc) is 3.45. The summed E-state index contributed by atoms with van der Waals surface area (Å²) in [6.07, 6.45) is 1.57. The molecule has 5 rings (SSSR count). The minimum atomic E-state index is -3.78. The van der Waals surface area contributed by atoms with Crippen LogP contribution in [-0.4, -0.2) is 50.6 Å². The first-order valence-electron chi connectivity index (χ1n) is 13.4. The molecule has 0 bridgehead atoms. The van der Waals surface area contributed by atoms with Gasteiger partial charge in [0.1, 0.15) is 11.5 Å². The van der Waals surface area contributed by atoms with Crippen LogP contribution in [0.25, 0.3) is 10.2 Å². The Labute approximate surface area is 254 Å². The minimum absolute atomic E-state index is 0.0824. The molecule has 0 aliphatic rings. The van der Waals surface area contributed by atoms with Gasteiger partial charge in [0.15, 0.2) is 0 Å². The monoisotopic (exact) mass is 614 g/mol. The zero-order valence-corrected chi connectivity index (χ0v) is 25.5. The van der Waals surface area contributed by atoms with E-state index < -0.39 is 15.9 Å². The van der Waals surface area contributed by atoms with Gasteiger partial charge < -0.3 is 9.47 Å². The Morgan fingerprint density at radius 1 is 0.953 bits per heavy atom. The van der Waals surface area contributed by atoms with Gasteiger partial charge in [-0.25, -0.2) is 13.4 Å². The summed E-state index contributed by atoms with van der Waals surface area (Å²) < 4.78 is 39.4. The van der Waals surface area contributed by atoms with Crippen LogP contribution in [0.1, 0.15) is 28.4 Å². The van der Waals surface area contributed by atoms with Gasteiger partial charge in [0.25, 0.3) is 5.91 Å². The van der Waals surface area contributed by atoms with Crippen molar-refractivity contribution in [2.75, 3.05) is 25.8 Å². The summed E-state index contributed by atoms with van der Waals surface area (Å²) in [7, 11) is -0.668. The Morgan fingerprint density at radius 2 is 1.65 bits per heavy atom. The van der Waals surface area contributed by atoms with Crippen molar-refractivity contribution in [1.82, 2.24) is 9.29 Å². The second-order valence-corrected chi connectivity index (χ2v) is 12.5. The number of carbonyl (C=O) groups is 1. The van der Waals surface area contributed by atoms with Gasteiger partial charge in [-0.3, -0.25) is 4.79 Å². The molecule has 0 aliphatic carbocycles. The zero-order chi connectivity index (χ0) is 30.4. The second-order valence-electron chi connectivity index (χ2n) is 9.46. The highest BCUT2D eigenvalue weighted by atomic mass is 32.2. The molecular formula is C32H30N4O5S2. The van der Waals surface area contributed by atoms with Gasteiger partial charge in [0.2, 0.25) is 15.2 Å². The molecule has 0 N–H and O–H groups in total. The van der Waals surface area contributed by atoms with Crippen molar-refractivity contribution < 1.29 is 22.7 Å². The lowest BCUT2D eigenvalue weighted by Gasteiger charge is -2.18. The van der Waals surface area contributed by atoms with Crippen molar-refractivity contribution in [3.8, 4) is 11.5 Å². The molecule has 1 heterocycles. The van der Waals surface area contributed by atoms with E-state index in [1.165, 1.54) is 52.0 Å². The zero-order valence-electron chi connectivity index (χ0n) is 23.9. The molecule has 0 fully saturated rings. The van der Waals surface area contributed by atoms with Crippen molar-refractivity contribution in [3.05, 3.63) is 114 Å². The minimum Gasteiger partial charge on any atom is -0.497 e. The molecule has 9 nitrogen and oxygen atoms in total. The molecule has 11 heteroatoms. The number of aromatic nitrogens is 1. The molecule has 43 heavy (non-hydrogen) atoms. The van der Waals surface area contributed by atoms with E-state index in [0.29, 0.717) is 23.0 Å². The van der Waals surface area contributed by atoms with Crippen LogP contribution < -0.4 is 14.5 Å². The quantitative estimate of drug-likeness (QED) is 0.130. The molecule has 220 valence electrons. The van der Waals surface area contributed by atoms with E-state index in [2.05, 4.69) is 10.1 Å². The van der Waals surface area contributed by atoms with Crippen molar-refractivity contribution in [2.45, 2.75) is 18.4 Å². The Hall–Kier alpha value is -4.58. The Morgan fingerprint density at radius 3 is 2.33 bits per heavy atom. The summed E-state index contributed by atoms with van der Waals surface area (Å²) in [5.41, 5.74) is 2.57. The van der Waals surface area contributed by atoms with E-state index >= 15 is 0 Å². The maximum atomic E-state index is 13.8. The van der Waals surface area contributed by atoms with E-state index in [1.807, 2.05) is 73.7 Å². The molecule has 0 radical (unpaired) electrons. The van der Waals surface area contributed by atoms with Gasteiger partial charge in [-0.05, 0) is 84.8 Å². The number of fused-ring (bicyclic) bond motifs is 1. The molecule has 5 aromatic rings. The molecule has 1 aromatic heterocycles. The van der Waals surface area contributed by atoms with Crippen LogP contribution >= 0.6 is 11.3 Å². The first kappa shape index (κ1) is 29.9. The van der Waals surface area contributed by atoms with Gasteiger partial charge in [-0.15, -0.1) is 0 Å². The molecule has 4 aromatic carbocycles. The standard InChI is InChI=1S/C32H30N4O5S2/c1-4-41-26-14-10-23(11-15-26)21-33-36(32-34-29-19-16-27(40-3)20-30(29)42-32)31(37)25-12-17-28(18-13-25)43(38,39)35(2)22-24-8-6-5-7-9-24/h5-21H,4,22H2,1-3H3/b33-21+. The van der Waals surface area contributed by atoms with Crippen LogP contribution in [0.2, 0.25) is 0 Å². The van der Waals surface area contributed by atoms with E-state index in [-0.39, 0.29) is 17.0 Å². The number of ether oxygens (including phenoxy) is 2. The summed E-state index contributed by atoms with van der Waals surface area (Å²) in [4.78, 5) is 18.5. The number of nitrogens with zero attached hydrogens (tertiary/aromatic N) is 4. The molecule has 0 atom stereocenters. The molecule has 1 amide bonds. The fourth-order valence-corrected chi connectivity index (χ4v) is 6.35. The predicted octanol–water partition coefficient (Wildman–Crippen LogP) is 6.21. The van der Waals surface area contributed by atoms with Gasteiger partial charge in [0, 0.05) is 19.2 Å². The van der Waals surface area contributed by atoms with Gasteiger partial charge >= 0.3 is 0 Å². The summed E-state index contributed by atoms with van der Waals surface area (Å²) in [6.45, 7) is 2.69. The number of sulfonamides is 1. The number of thiazole rings is 1. The number of anilines is 1. The van der Waals surface area contributed by atoms with Crippen LogP contribution in [-0.2, 0) is 16.6 Å². The van der Waals surface area contributed by atoms with Crippen molar-refractivity contribution >= 4 is 48.8 Å². The Kier molecular flexibility index (Phi) is 9.15. The maximum Gasteiger partial charge on any atom is 0.280 e. The van der Waals surface area contributed by atoms with Crippen LogP contribution in [0.15, 0.2) is 107 Å². The highest BCUT2D eigenvalue weighted by molar-refractivity contribution is 7.89. The average molecular weight is 615 g/mol. The van der Waals surface area contributed by atoms with Crippen LogP contribution in [0.5, 0.6) is 11.5 Å². The summed E-state index contributed by atoms with van der Waals surface area (Å²) in [5.74, 6) is 0.944. The number of rotatable bonds is 11. The lowest BCUT2D eigenvalue weighted by Crippen LogP contribution is -2.27. The third-order valence-corrected chi connectivity index (χ3v) is 9.34. The SMILES string of the molecule is CCOc1ccc(/C=N/N(C(=O)c2ccc(S(=O)(=O)N(C)Cc3ccccc3)cc2)c2nc3ccc(OC)cc3s2)cc1. The largest absolute Gasteiger partial charge is 0.497 e. The highest BCUT2D eigenvalue weighted by Crippen LogP contribution is 2.32. The summed E-state index contributed by atoms with van der Waals surface area (Å²) >= 11 is 1.29. The molecule has 0 aliphatic heterocycles. The number of hydrogen-bond donors (Lipinski definition) is 0. The number of hydrogen-bond acceptors (Lipinski definition) is 8. The topological polar surface area (TPSA) is 101 Å². The number of amides is 1.